The third kappa shape index (κ3) is 3.64. The molecule has 186 valence electrons. The van der Waals surface area contributed by atoms with Crippen LogP contribution in [0.5, 0.6) is 0 Å². The molecule has 0 bridgehead atoms. The second kappa shape index (κ2) is 8.40. The summed E-state index contributed by atoms with van der Waals surface area (Å²) in [4.78, 5) is 40.9. The Labute approximate surface area is 212 Å². The third-order valence-corrected chi connectivity index (χ3v) is 7.67. The molecule has 1 aromatic carbocycles. The van der Waals surface area contributed by atoms with Crippen molar-refractivity contribution in [3.63, 3.8) is 0 Å². The first-order chi connectivity index (χ1) is 18.1. The Bertz CT molecular complexity index is 1700. The number of aromatic amines is 1. The normalized spacial score (nSPS) is 16.6. The molecule has 1 aliphatic carbocycles. The molecule has 1 saturated carbocycles. The maximum absolute atomic E-state index is 14.0. The number of pyridine rings is 2. The van der Waals surface area contributed by atoms with Gasteiger partial charge in [0.1, 0.15) is 0 Å². The van der Waals surface area contributed by atoms with Gasteiger partial charge in [-0.25, -0.2) is 14.8 Å². The molecule has 1 amide bonds. The van der Waals surface area contributed by atoms with E-state index in [9.17, 15) is 9.59 Å². The van der Waals surface area contributed by atoms with Crippen LogP contribution in [0, 0.1) is 6.92 Å². The Balaban J connectivity index is 1.23. The van der Waals surface area contributed by atoms with Crippen LogP contribution in [0.1, 0.15) is 59.4 Å². The minimum absolute atomic E-state index is 0.00249. The number of benzene rings is 1. The van der Waals surface area contributed by atoms with Crippen molar-refractivity contribution < 1.29 is 4.79 Å². The number of para-hydroxylation sites is 2. The smallest absolute Gasteiger partial charge is 0.326 e. The number of fused-ring (bicyclic) bond motifs is 2. The highest BCUT2D eigenvalue weighted by molar-refractivity contribution is 6.07. The van der Waals surface area contributed by atoms with E-state index < -0.39 is 0 Å². The third-order valence-electron chi connectivity index (χ3n) is 7.67. The Morgan fingerprint density at radius 1 is 1.03 bits per heavy atom. The summed E-state index contributed by atoms with van der Waals surface area (Å²) in [6, 6.07) is 15.5. The quantitative estimate of drug-likeness (QED) is 0.406. The maximum atomic E-state index is 14.0. The zero-order valence-corrected chi connectivity index (χ0v) is 20.6. The van der Waals surface area contributed by atoms with E-state index in [0.29, 0.717) is 36.0 Å². The van der Waals surface area contributed by atoms with Crippen LogP contribution in [0.15, 0.2) is 59.5 Å². The van der Waals surface area contributed by atoms with E-state index in [1.807, 2.05) is 64.9 Å². The number of carbonyl (C=O) groups excluding carboxylic acids is 1. The van der Waals surface area contributed by atoms with Gasteiger partial charge in [-0.2, -0.15) is 9.78 Å². The summed E-state index contributed by atoms with van der Waals surface area (Å²) in [5.41, 5.74) is 4.73. The number of aromatic nitrogens is 6. The van der Waals surface area contributed by atoms with Crippen molar-refractivity contribution >= 4 is 28.0 Å². The van der Waals surface area contributed by atoms with E-state index in [4.69, 9.17) is 10.1 Å². The molecule has 1 aliphatic heterocycles. The summed E-state index contributed by atoms with van der Waals surface area (Å²) in [7, 11) is 0. The Hall–Kier alpha value is -4.27. The Morgan fingerprint density at radius 3 is 2.57 bits per heavy atom. The molecule has 37 heavy (non-hydrogen) atoms. The van der Waals surface area contributed by atoms with Crippen molar-refractivity contribution in [2.24, 2.45) is 0 Å². The molecule has 2 fully saturated rings. The molecule has 9 heteroatoms. The second-order valence-corrected chi connectivity index (χ2v) is 10.1. The molecule has 0 atom stereocenters. The van der Waals surface area contributed by atoms with Crippen LogP contribution in [0.4, 0.5) is 0 Å². The molecular weight excluding hydrogens is 466 g/mol. The number of likely N-dealkylation sites (tertiary alicyclic amines) is 1. The van der Waals surface area contributed by atoms with E-state index in [-0.39, 0.29) is 17.6 Å². The van der Waals surface area contributed by atoms with Gasteiger partial charge in [-0.15, -0.1) is 0 Å². The van der Waals surface area contributed by atoms with E-state index in [2.05, 4.69) is 9.97 Å². The minimum atomic E-state index is -0.0894. The van der Waals surface area contributed by atoms with Gasteiger partial charge in [0.15, 0.2) is 11.5 Å². The molecule has 1 saturated heterocycles. The predicted octanol–water partition coefficient (Wildman–Crippen LogP) is 4.12. The lowest BCUT2D eigenvalue weighted by Crippen LogP contribution is -2.40. The predicted molar refractivity (Wildman–Crippen MR) is 140 cm³/mol. The number of piperidine rings is 1. The first-order valence-corrected chi connectivity index (χ1v) is 12.9. The van der Waals surface area contributed by atoms with Crippen LogP contribution in [-0.2, 0) is 0 Å². The number of H-pyrrole nitrogens is 1. The van der Waals surface area contributed by atoms with Gasteiger partial charge < -0.3 is 9.88 Å². The fourth-order valence-electron chi connectivity index (χ4n) is 5.64. The van der Waals surface area contributed by atoms with Gasteiger partial charge >= 0.3 is 5.69 Å². The largest absolute Gasteiger partial charge is 0.338 e. The van der Waals surface area contributed by atoms with Gasteiger partial charge in [0.05, 0.1) is 27.7 Å². The zero-order valence-electron chi connectivity index (χ0n) is 20.6. The number of nitrogens with one attached hydrogen (secondary N) is 1. The molecule has 1 N–H and O–H groups in total. The number of aryl methyl sites for hydroxylation is 1. The van der Waals surface area contributed by atoms with Gasteiger partial charge in [-0.1, -0.05) is 18.2 Å². The van der Waals surface area contributed by atoms with Crippen LogP contribution in [0.3, 0.4) is 0 Å². The standard InChI is InChI=1S/C28H27N7O2/c1-17-25-20(16-22(18-9-10-18)30-26(25)35(32-17)24-8-4-5-13-29-24)27(36)33-14-11-19(12-15-33)34-23-7-3-2-6-21(23)31-28(34)37/h2-8,13,16,18-19H,9-12,14-15H2,1H3,(H,31,37). The van der Waals surface area contributed by atoms with Crippen molar-refractivity contribution in [2.75, 3.05) is 13.1 Å². The second-order valence-electron chi connectivity index (χ2n) is 10.1. The molecule has 2 aliphatic rings. The van der Waals surface area contributed by atoms with Crippen LogP contribution in [-0.4, -0.2) is 53.2 Å². The number of carbonyl (C=O) groups is 1. The Kier molecular flexibility index (Phi) is 4.99. The van der Waals surface area contributed by atoms with Gasteiger partial charge in [-0.05, 0) is 62.9 Å². The van der Waals surface area contributed by atoms with Crippen molar-refractivity contribution in [1.82, 2.24) is 34.2 Å². The van der Waals surface area contributed by atoms with E-state index in [1.54, 1.807) is 10.9 Å². The van der Waals surface area contributed by atoms with Crippen molar-refractivity contribution in [3.05, 3.63) is 82.2 Å². The summed E-state index contributed by atoms with van der Waals surface area (Å²) >= 11 is 0. The lowest BCUT2D eigenvalue weighted by molar-refractivity contribution is 0.0696. The van der Waals surface area contributed by atoms with Gasteiger partial charge in [0.25, 0.3) is 5.91 Å². The molecule has 9 nitrogen and oxygen atoms in total. The number of rotatable bonds is 4. The fourth-order valence-corrected chi connectivity index (χ4v) is 5.64. The number of hydrogen-bond donors (Lipinski definition) is 1. The Morgan fingerprint density at radius 2 is 1.81 bits per heavy atom. The molecular formula is C28H27N7O2. The molecule has 0 radical (unpaired) electrons. The monoisotopic (exact) mass is 493 g/mol. The number of amides is 1. The van der Waals surface area contributed by atoms with Crippen molar-refractivity contribution in [3.8, 4) is 5.82 Å². The molecule has 4 aromatic heterocycles. The fraction of sp³-hybridized carbons (Fsp3) is 0.321. The van der Waals surface area contributed by atoms with Gasteiger partial charge in [-0.3, -0.25) is 9.36 Å². The van der Waals surface area contributed by atoms with Crippen molar-refractivity contribution in [2.45, 2.75) is 44.6 Å². The number of hydrogen-bond acceptors (Lipinski definition) is 5. The van der Waals surface area contributed by atoms with Crippen LogP contribution in [0.2, 0.25) is 0 Å². The first kappa shape index (κ1) is 22.0. The average molecular weight is 494 g/mol. The van der Waals surface area contributed by atoms with E-state index in [1.165, 1.54) is 0 Å². The highest BCUT2D eigenvalue weighted by atomic mass is 16.2. The van der Waals surface area contributed by atoms with Gasteiger partial charge in [0.2, 0.25) is 0 Å². The van der Waals surface area contributed by atoms with Crippen LogP contribution >= 0.6 is 0 Å². The molecule has 0 unspecified atom stereocenters. The maximum Gasteiger partial charge on any atom is 0.326 e. The topological polar surface area (TPSA) is 102 Å². The minimum Gasteiger partial charge on any atom is -0.338 e. The highest BCUT2D eigenvalue weighted by Crippen LogP contribution is 2.41. The average Bonchev–Trinajstić information content (AvgIpc) is 3.66. The molecule has 7 rings (SSSR count). The molecule has 5 heterocycles. The summed E-state index contributed by atoms with van der Waals surface area (Å²) in [5, 5.41) is 5.52. The van der Waals surface area contributed by atoms with Crippen molar-refractivity contribution in [1.29, 1.82) is 0 Å². The van der Waals surface area contributed by atoms with E-state index >= 15 is 0 Å². The molecule has 0 spiro atoms. The van der Waals surface area contributed by atoms with Crippen LogP contribution < -0.4 is 5.69 Å². The zero-order chi connectivity index (χ0) is 25.1. The summed E-state index contributed by atoms with van der Waals surface area (Å²) < 4.78 is 3.61. The first-order valence-electron chi connectivity index (χ1n) is 12.9. The SMILES string of the molecule is Cc1nn(-c2ccccn2)c2nc(C3CC3)cc(C(=O)N3CCC(n4c(=O)[nH]c5ccccc54)CC3)c12. The molecule has 5 aromatic rings. The highest BCUT2D eigenvalue weighted by Gasteiger charge is 2.32. The summed E-state index contributed by atoms with van der Waals surface area (Å²) in [6.45, 7) is 3.10. The summed E-state index contributed by atoms with van der Waals surface area (Å²) in [5.74, 6) is 1.08. The lowest BCUT2D eigenvalue weighted by atomic mass is 10.0. The number of imidazole rings is 1. The lowest BCUT2D eigenvalue weighted by Gasteiger charge is -2.32. The van der Waals surface area contributed by atoms with Gasteiger partial charge in [0, 0.05) is 36.9 Å². The number of nitrogens with zero attached hydrogens (tertiary/aromatic N) is 6. The van der Waals surface area contributed by atoms with E-state index in [0.717, 1.165) is 53.5 Å². The summed E-state index contributed by atoms with van der Waals surface area (Å²) in [6.07, 6.45) is 5.37. The van der Waals surface area contributed by atoms with Crippen LogP contribution in [0.25, 0.3) is 27.9 Å².